The van der Waals surface area contributed by atoms with Crippen LogP contribution in [0.15, 0.2) is 83.8 Å². The molecule has 2 amide bonds. The molecule has 40 heavy (non-hydrogen) atoms. The van der Waals surface area contributed by atoms with Gasteiger partial charge in [0.05, 0.1) is 17.7 Å². The van der Waals surface area contributed by atoms with E-state index in [4.69, 9.17) is 4.74 Å². The molecule has 9 heteroatoms. The summed E-state index contributed by atoms with van der Waals surface area (Å²) in [5, 5.41) is 3.08. The maximum Gasteiger partial charge on any atom is 0.264 e. The molecule has 1 N–H and O–H groups in total. The molecule has 1 aliphatic carbocycles. The SMILES string of the molecule is COc1ccc(CN(C(=O)CN(c2cccc(C)c2)S(=O)(=O)c2ccccc2)[C@H](C)C(=O)NC2CCCC2)cc1. The smallest absolute Gasteiger partial charge is 0.264 e. The monoisotopic (exact) mass is 563 g/mol. The quantitative estimate of drug-likeness (QED) is 0.366. The highest BCUT2D eigenvalue weighted by atomic mass is 32.2. The van der Waals surface area contributed by atoms with Crippen LogP contribution in [0.4, 0.5) is 5.69 Å². The van der Waals surface area contributed by atoms with Gasteiger partial charge in [-0.2, -0.15) is 0 Å². The second-order valence-electron chi connectivity index (χ2n) is 10.2. The van der Waals surface area contributed by atoms with E-state index in [9.17, 15) is 18.0 Å². The fourth-order valence-corrected chi connectivity index (χ4v) is 6.36. The first kappa shape index (κ1) is 29.1. The number of anilines is 1. The van der Waals surface area contributed by atoms with Crippen LogP contribution in [-0.4, -0.2) is 50.9 Å². The number of rotatable bonds is 11. The lowest BCUT2D eigenvalue weighted by molar-refractivity contribution is -0.139. The lowest BCUT2D eigenvalue weighted by Gasteiger charge is -2.32. The average Bonchev–Trinajstić information content (AvgIpc) is 3.48. The van der Waals surface area contributed by atoms with E-state index in [1.54, 1.807) is 62.6 Å². The zero-order chi connectivity index (χ0) is 28.7. The second kappa shape index (κ2) is 13.0. The zero-order valence-electron chi connectivity index (χ0n) is 23.2. The van der Waals surface area contributed by atoms with Crippen LogP contribution < -0.4 is 14.4 Å². The van der Waals surface area contributed by atoms with Crippen LogP contribution in [0.5, 0.6) is 5.75 Å². The molecule has 1 fully saturated rings. The van der Waals surface area contributed by atoms with Gasteiger partial charge in [0.1, 0.15) is 18.3 Å². The lowest BCUT2D eigenvalue weighted by Crippen LogP contribution is -2.52. The van der Waals surface area contributed by atoms with Crippen LogP contribution in [0.1, 0.15) is 43.7 Å². The molecule has 3 aromatic rings. The van der Waals surface area contributed by atoms with E-state index in [1.165, 1.54) is 17.0 Å². The van der Waals surface area contributed by atoms with Crippen LogP contribution in [0.2, 0.25) is 0 Å². The van der Waals surface area contributed by atoms with E-state index >= 15 is 0 Å². The van der Waals surface area contributed by atoms with Crippen molar-refractivity contribution in [2.24, 2.45) is 0 Å². The van der Waals surface area contributed by atoms with Crippen molar-refractivity contribution < 1.29 is 22.7 Å². The molecule has 1 aliphatic rings. The predicted molar refractivity (Wildman–Crippen MR) is 156 cm³/mol. The van der Waals surface area contributed by atoms with E-state index in [-0.39, 0.29) is 23.4 Å². The summed E-state index contributed by atoms with van der Waals surface area (Å²) in [6, 6.07) is 21.6. The number of nitrogens with one attached hydrogen (secondary N) is 1. The van der Waals surface area contributed by atoms with E-state index < -0.39 is 28.5 Å². The molecule has 3 aromatic carbocycles. The minimum Gasteiger partial charge on any atom is -0.497 e. The molecular weight excluding hydrogens is 526 g/mol. The number of hydrogen-bond donors (Lipinski definition) is 1. The molecule has 0 heterocycles. The number of benzene rings is 3. The maximum absolute atomic E-state index is 14.0. The highest BCUT2D eigenvalue weighted by molar-refractivity contribution is 7.92. The number of carbonyl (C=O) groups excluding carboxylic acids is 2. The standard InChI is InChI=1S/C31H37N3O5S/c1-23-10-9-13-27(20-23)34(40(37,38)29-14-5-4-6-15-29)22-30(35)33(21-25-16-18-28(39-3)19-17-25)24(2)31(36)32-26-11-7-8-12-26/h4-6,9-10,13-20,24,26H,7-8,11-12,21-22H2,1-3H3,(H,32,36)/t24-/m1/s1. The first-order valence-corrected chi connectivity index (χ1v) is 15.0. The predicted octanol–water partition coefficient (Wildman–Crippen LogP) is 4.68. The first-order chi connectivity index (χ1) is 19.2. The minimum atomic E-state index is -4.08. The van der Waals surface area contributed by atoms with Crippen molar-refractivity contribution in [2.45, 2.75) is 63.1 Å². The summed E-state index contributed by atoms with van der Waals surface area (Å²) in [6.07, 6.45) is 3.97. The Hall–Kier alpha value is -3.85. The fraction of sp³-hybridized carbons (Fsp3) is 0.355. The number of hydrogen-bond acceptors (Lipinski definition) is 5. The molecule has 0 aromatic heterocycles. The van der Waals surface area contributed by atoms with Gasteiger partial charge in [0.2, 0.25) is 11.8 Å². The number of nitrogens with zero attached hydrogens (tertiary/aromatic N) is 2. The number of amides is 2. The summed E-state index contributed by atoms with van der Waals surface area (Å²) in [5.74, 6) is -0.0547. The molecule has 0 unspecified atom stereocenters. The van der Waals surface area contributed by atoms with Gasteiger partial charge in [0.15, 0.2) is 0 Å². The summed E-state index contributed by atoms with van der Waals surface area (Å²) in [5.41, 5.74) is 2.03. The van der Waals surface area contributed by atoms with Crippen molar-refractivity contribution in [3.63, 3.8) is 0 Å². The maximum atomic E-state index is 14.0. The van der Waals surface area contributed by atoms with Gasteiger partial charge in [0.25, 0.3) is 10.0 Å². The Morgan fingerprint density at radius 1 is 0.975 bits per heavy atom. The molecule has 0 saturated heterocycles. The second-order valence-corrected chi connectivity index (χ2v) is 12.1. The van der Waals surface area contributed by atoms with Gasteiger partial charge < -0.3 is 15.0 Å². The third-order valence-corrected chi connectivity index (χ3v) is 9.07. The summed E-state index contributed by atoms with van der Waals surface area (Å²) in [6.45, 7) is 3.23. The van der Waals surface area contributed by atoms with Gasteiger partial charge in [-0.25, -0.2) is 8.42 Å². The third kappa shape index (κ3) is 7.01. The summed E-state index contributed by atoms with van der Waals surface area (Å²) in [4.78, 5) is 28.8. The average molecular weight is 564 g/mol. The van der Waals surface area contributed by atoms with Crippen molar-refractivity contribution in [1.82, 2.24) is 10.2 Å². The molecule has 0 spiro atoms. The molecule has 4 rings (SSSR count). The molecule has 212 valence electrons. The topological polar surface area (TPSA) is 96.0 Å². The summed E-state index contributed by atoms with van der Waals surface area (Å²) in [7, 11) is -2.50. The normalized spacial score (nSPS) is 14.4. The van der Waals surface area contributed by atoms with E-state index in [0.717, 1.165) is 41.1 Å². The molecule has 0 radical (unpaired) electrons. The van der Waals surface area contributed by atoms with Crippen LogP contribution in [-0.2, 0) is 26.2 Å². The van der Waals surface area contributed by atoms with Gasteiger partial charge in [-0.3, -0.25) is 13.9 Å². The van der Waals surface area contributed by atoms with Crippen molar-refractivity contribution in [3.8, 4) is 5.75 Å². The zero-order valence-corrected chi connectivity index (χ0v) is 24.1. The van der Waals surface area contributed by atoms with Gasteiger partial charge in [-0.05, 0) is 74.2 Å². The number of aryl methyl sites for hydroxylation is 1. The Balaban J connectivity index is 1.67. The minimum absolute atomic E-state index is 0.0815. The molecule has 0 bridgehead atoms. The Labute approximate surface area is 237 Å². The Bertz CT molecular complexity index is 1400. The first-order valence-electron chi connectivity index (χ1n) is 13.6. The number of sulfonamides is 1. The van der Waals surface area contributed by atoms with Crippen molar-refractivity contribution in [3.05, 3.63) is 90.0 Å². The van der Waals surface area contributed by atoms with E-state index in [0.29, 0.717) is 11.4 Å². The Kier molecular flexibility index (Phi) is 9.47. The fourth-order valence-electron chi connectivity index (χ4n) is 4.93. The number of ether oxygens (including phenoxy) is 1. The van der Waals surface area contributed by atoms with E-state index in [1.807, 2.05) is 25.1 Å². The molecule has 0 aliphatic heterocycles. The highest BCUT2D eigenvalue weighted by Crippen LogP contribution is 2.26. The Morgan fingerprint density at radius 3 is 2.27 bits per heavy atom. The number of carbonyl (C=O) groups is 2. The van der Waals surface area contributed by atoms with Crippen molar-refractivity contribution in [1.29, 1.82) is 0 Å². The van der Waals surface area contributed by atoms with E-state index in [2.05, 4.69) is 5.32 Å². The Morgan fingerprint density at radius 2 is 1.65 bits per heavy atom. The van der Waals surface area contributed by atoms with Crippen LogP contribution >= 0.6 is 0 Å². The number of methoxy groups -OCH3 is 1. The largest absolute Gasteiger partial charge is 0.497 e. The molecular formula is C31H37N3O5S. The highest BCUT2D eigenvalue weighted by Gasteiger charge is 2.33. The lowest BCUT2D eigenvalue weighted by atomic mass is 10.1. The molecule has 8 nitrogen and oxygen atoms in total. The summed E-state index contributed by atoms with van der Waals surface area (Å²) >= 11 is 0. The van der Waals surface area contributed by atoms with Crippen LogP contribution in [0.3, 0.4) is 0 Å². The van der Waals surface area contributed by atoms with Crippen molar-refractivity contribution >= 4 is 27.5 Å². The third-order valence-electron chi connectivity index (χ3n) is 7.28. The van der Waals surface area contributed by atoms with Gasteiger partial charge in [0, 0.05) is 12.6 Å². The molecule has 1 saturated carbocycles. The van der Waals surface area contributed by atoms with Gasteiger partial charge in [-0.15, -0.1) is 0 Å². The molecule has 1 atom stereocenters. The van der Waals surface area contributed by atoms with Crippen LogP contribution in [0, 0.1) is 6.92 Å². The van der Waals surface area contributed by atoms with Crippen molar-refractivity contribution in [2.75, 3.05) is 18.0 Å². The van der Waals surface area contributed by atoms with Gasteiger partial charge in [-0.1, -0.05) is 55.3 Å². The van der Waals surface area contributed by atoms with Crippen LogP contribution in [0.25, 0.3) is 0 Å². The van der Waals surface area contributed by atoms with Gasteiger partial charge >= 0.3 is 0 Å². The summed E-state index contributed by atoms with van der Waals surface area (Å²) < 4.78 is 34.0.